The molecular weight excluding hydrogens is 372 g/mol. The van der Waals surface area contributed by atoms with Crippen molar-refractivity contribution in [2.75, 3.05) is 12.3 Å². The van der Waals surface area contributed by atoms with Crippen LogP contribution in [0.25, 0.3) is 0 Å². The summed E-state index contributed by atoms with van der Waals surface area (Å²) < 4.78 is 32.4. The molecule has 0 spiro atoms. The third-order valence-corrected chi connectivity index (χ3v) is 6.48. The van der Waals surface area contributed by atoms with Gasteiger partial charge < -0.3 is 15.1 Å². The van der Waals surface area contributed by atoms with Crippen molar-refractivity contribution in [2.45, 2.75) is 57.8 Å². The van der Waals surface area contributed by atoms with Crippen molar-refractivity contribution < 1.29 is 28.3 Å². The maximum atomic E-state index is 12.8. The quantitative estimate of drug-likeness (QED) is 0.427. The van der Waals surface area contributed by atoms with Gasteiger partial charge in [0.1, 0.15) is 0 Å². The van der Waals surface area contributed by atoms with Crippen molar-refractivity contribution in [1.82, 2.24) is 4.31 Å². The van der Waals surface area contributed by atoms with E-state index in [1.54, 1.807) is 0 Å². The number of benzene rings is 1. The first-order chi connectivity index (χ1) is 12.9. The van der Waals surface area contributed by atoms with Crippen LogP contribution < -0.4 is 5.90 Å². The summed E-state index contributed by atoms with van der Waals surface area (Å²) in [4.78, 5) is 12.1. The predicted octanol–water partition coefficient (Wildman–Crippen LogP) is 2.32. The van der Waals surface area contributed by atoms with Crippen LogP contribution in [0.4, 0.5) is 0 Å². The van der Waals surface area contributed by atoms with E-state index in [4.69, 9.17) is 9.94 Å². The van der Waals surface area contributed by atoms with Crippen LogP contribution in [0.3, 0.4) is 0 Å². The molecule has 27 heavy (non-hydrogen) atoms. The molecule has 0 amide bonds. The van der Waals surface area contributed by atoms with E-state index in [0.717, 1.165) is 22.7 Å². The molecule has 4 N–H and O–H groups in total. The number of carboxylic acids is 1. The molecule has 1 heterocycles. The first kappa shape index (κ1) is 23.5. The Hall–Kier alpha value is -1.52. The summed E-state index contributed by atoms with van der Waals surface area (Å²) in [5, 5.41) is 16.3. The molecule has 2 rings (SSSR count). The van der Waals surface area contributed by atoms with Crippen LogP contribution in [-0.2, 0) is 26.2 Å². The fourth-order valence-corrected chi connectivity index (χ4v) is 5.00. The lowest BCUT2D eigenvalue weighted by atomic mass is 10.0. The number of ether oxygens (including phenoxy) is 1. The van der Waals surface area contributed by atoms with E-state index >= 15 is 0 Å². The Morgan fingerprint density at radius 3 is 2.48 bits per heavy atom. The van der Waals surface area contributed by atoms with Gasteiger partial charge in [0.05, 0.1) is 12.4 Å². The zero-order valence-electron chi connectivity index (χ0n) is 15.7. The number of unbranched alkanes of at least 4 members (excludes halogenated alkanes) is 2. The fraction of sp³-hybridized carbons (Fsp3) is 0.611. The number of nitrogens with two attached hydrogens (primary N) is 1. The van der Waals surface area contributed by atoms with Gasteiger partial charge in [0.25, 0.3) is 0 Å². The molecule has 1 aromatic carbocycles. The minimum absolute atomic E-state index is 0.0371. The number of nitrogens with zero attached hydrogens (tertiary/aromatic N) is 1. The molecule has 0 aliphatic carbocycles. The Bertz CT molecular complexity index is 668. The highest BCUT2D eigenvalue weighted by Crippen LogP contribution is 2.34. The number of aliphatic carboxylic acids is 1. The molecule has 1 saturated heterocycles. The Labute approximate surface area is 160 Å². The summed E-state index contributed by atoms with van der Waals surface area (Å²) >= 11 is 0. The van der Waals surface area contributed by atoms with Gasteiger partial charge in [0.2, 0.25) is 15.7 Å². The summed E-state index contributed by atoms with van der Waals surface area (Å²) in [7, 11) is -3.69. The number of carbonyl (C=O) groups is 1. The minimum Gasteiger partial charge on any atom is -0.478 e. The number of sulfonamides is 1. The highest BCUT2D eigenvalue weighted by Gasteiger charge is 2.52. The molecule has 9 heteroatoms. The molecule has 1 aliphatic rings. The molecule has 1 aliphatic heterocycles. The third-order valence-electron chi connectivity index (χ3n) is 4.53. The second kappa shape index (κ2) is 11.4. The number of hydrogen-bond acceptors (Lipinski definition) is 6. The van der Waals surface area contributed by atoms with Crippen LogP contribution in [0.1, 0.15) is 51.0 Å². The van der Waals surface area contributed by atoms with Crippen molar-refractivity contribution in [2.24, 2.45) is 5.90 Å². The van der Waals surface area contributed by atoms with Gasteiger partial charge in [0, 0.05) is 13.0 Å². The summed E-state index contributed by atoms with van der Waals surface area (Å²) in [6, 6.07) is 9.21. The van der Waals surface area contributed by atoms with Crippen molar-refractivity contribution in [3.05, 3.63) is 35.9 Å². The molecule has 1 fully saturated rings. The number of hydrogen-bond donors (Lipinski definition) is 3. The lowest BCUT2D eigenvalue weighted by Gasteiger charge is -2.42. The van der Waals surface area contributed by atoms with Crippen LogP contribution >= 0.6 is 0 Å². The average Bonchev–Trinajstić information content (AvgIpc) is 2.69. The Kier molecular flexibility index (Phi) is 9.89. The van der Waals surface area contributed by atoms with Gasteiger partial charge in [0.15, 0.2) is 0 Å². The van der Waals surface area contributed by atoms with Crippen LogP contribution in [0, 0.1) is 0 Å². The highest BCUT2D eigenvalue weighted by molar-refractivity contribution is 7.89. The van der Waals surface area contributed by atoms with Crippen LogP contribution in [-0.4, -0.2) is 47.0 Å². The van der Waals surface area contributed by atoms with Crippen molar-refractivity contribution >= 4 is 16.0 Å². The highest BCUT2D eigenvalue weighted by atomic mass is 32.2. The Morgan fingerprint density at radius 2 is 1.89 bits per heavy atom. The van der Waals surface area contributed by atoms with Crippen LogP contribution in [0.2, 0.25) is 0 Å². The van der Waals surface area contributed by atoms with Gasteiger partial charge in [-0.05, 0) is 24.8 Å². The molecule has 0 saturated carbocycles. The first-order valence-electron chi connectivity index (χ1n) is 9.10. The predicted molar refractivity (Wildman–Crippen MR) is 101 cm³/mol. The Morgan fingerprint density at radius 1 is 1.22 bits per heavy atom. The lowest BCUT2D eigenvalue weighted by molar-refractivity contribution is -0.195. The largest absolute Gasteiger partial charge is 0.478 e. The summed E-state index contributed by atoms with van der Waals surface area (Å²) in [5.74, 6) is 2.23. The topological polar surface area (TPSA) is 130 Å². The molecule has 8 nitrogen and oxygen atoms in total. The second-order valence-electron chi connectivity index (χ2n) is 6.42. The van der Waals surface area contributed by atoms with E-state index in [-0.39, 0.29) is 25.3 Å². The van der Waals surface area contributed by atoms with Gasteiger partial charge in [-0.3, -0.25) is 0 Å². The van der Waals surface area contributed by atoms with Gasteiger partial charge in [-0.25, -0.2) is 19.1 Å². The normalized spacial score (nSPS) is 20.6. The maximum Gasteiger partial charge on any atom is 0.352 e. The van der Waals surface area contributed by atoms with E-state index in [1.807, 2.05) is 37.3 Å². The first-order valence-corrected chi connectivity index (χ1v) is 10.7. The van der Waals surface area contributed by atoms with Gasteiger partial charge in [-0.15, -0.1) is 0 Å². The van der Waals surface area contributed by atoms with Gasteiger partial charge >= 0.3 is 5.97 Å². The summed E-state index contributed by atoms with van der Waals surface area (Å²) in [5.41, 5.74) is -0.990. The number of rotatable bonds is 9. The van der Waals surface area contributed by atoms with Crippen molar-refractivity contribution in [3.8, 4) is 0 Å². The Balaban J connectivity index is 0.00000176. The molecule has 0 aromatic heterocycles. The molecular formula is C18H30N2O6S. The summed E-state index contributed by atoms with van der Waals surface area (Å²) in [6.45, 7) is 2.25. The minimum atomic E-state index is -3.69. The standard InChI is InChI=1S/C18H27NO5S.H3NO/c1-2-3-9-14-25(22,23)19-13-8-7-12-18(19,17(20)21)24-15-16-10-5-4-6-11-16;1-2/h4-6,10-11H,2-3,7-9,12-15H2,1H3,(H,20,21);2H,1H2. The molecule has 0 radical (unpaired) electrons. The third kappa shape index (κ3) is 6.25. The molecule has 1 aromatic rings. The van der Waals surface area contributed by atoms with Crippen LogP contribution in [0.5, 0.6) is 0 Å². The van der Waals surface area contributed by atoms with E-state index < -0.39 is 21.7 Å². The average molecular weight is 403 g/mol. The van der Waals surface area contributed by atoms with E-state index in [2.05, 4.69) is 5.90 Å². The van der Waals surface area contributed by atoms with E-state index in [1.165, 1.54) is 0 Å². The molecule has 1 atom stereocenters. The molecule has 154 valence electrons. The van der Waals surface area contributed by atoms with Crippen LogP contribution in [0.15, 0.2) is 30.3 Å². The molecule has 0 bridgehead atoms. The smallest absolute Gasteiger partial charge is 0.352 e. The maximum absolute atomic E-state index is 12.8. The molecule has 1 unspecified atom stereocenters. The van der Waals surface area contributed by atoms with E-state index in [0.29, 0.717) is 19.3 Å². The zero-order valence-corrected chi connectivity index (χ0v) is 16.5. The van der Waals surface area contributed by atoms with E-state index in [9.17, 15) is 18.3 Å². The van der Waals surface area contributed by atoms with Gasteiger partial charge in [-0.1, -0.05) is 50.1 Å². The zero-order chi connectivity index (χ0) is 20.3. The van der Waals surface area contributed by atoms with Crippen molar-refractivity contribution in [1.29, 1.82) is 0 Å². The number of piperidine rings is 1. The fourth-order valence-electron chi connectivity index (χ4n) is 3.13. The summed E-state index contributed by atoms with van der Waals surface area (Å²) in [6.07, 6.45) is 3.69. The second-order valence-corrected chi connectivity index (χ2v) is 8.43. The SMILES string of the molecule is CCCCCS(=O)(=O)N1CCCCC1(OCc1ccccc1)C(=O)O.NO. The monoisotopic (exact) mass is 402 g/mol. The lowest BCUT2D eigenvalue weighted by Crippen LogP contribution is -2.61. The number of carboxylic acid groups (broad SMARTS) is 1. The van der Waals surface area contributed by atoms with Crippen molar-refractivity contribution in [3.63, 3.8) is 0 Å². The van der Waals surface area contributed by atoms with Gasteiger partial charge in [-0.2, -0.15) is 4.31 Å².